The number of nitrogens with one attached hydrogen (secondary N) is 2. The summed E-state index contributed by atoms with van der Waals surface area (Å²) in [5, 5.41) is 2.77. The SMILES string of the molecule is CCNC(=O)CN1CCN(C(=O)c2cccc(S(=O)(=O)NCC3CC3)c2)CC1. The Morgan fingerprint density at radius 1 is 1.14 bits per heavy atom. The van der Waals surface area contributed by atoms with E-state index in [1.807, 2.05) is 11.8 Å². The molecule has 8 nitrogen and oxygen atoms in total. The van der Waals surface area contributed by atoms with Crippen molar-refractivity contribution in [2.75, 3.05) is 45.8 Å². The smallest absolute Gasteiger partial charge is 0.253 e. The van der Waals surface area contributed by atoms with Gasteiger partial charge in [-0.25, -0.2) is 13.1 Å². The molecule has 2 N–H and O–H groups in total. The molecule has 2 amide bonds. The van der Waals surface area contributed by atoms with Crippen molar-refractivity contribution in [3.8, 4) is 0 Å². The van der Waals surface area contributed by atoms with Gasteiger partial charge in [0.25, 0.3) is 5.91 Å². The summed E-state index contributed by atoms with van der Waals surface area (Å²) >= 11 is 0. The highest BCUT2D eigenvalue weighted by molar-refractivity contribution is 7.89. The van der Waals surface area contributed by atoms with Crippen LogP contribution < -0.4 is 10.0 Å². The van der Waals surface area contributed by atoms with Gasteiger partial charge in [-0.3, -0.25) is 14.5 Å². The molecule has 2 fully saturated rings. The lowest BCUT2D eigenvalue weighted by atomic mass is 10.2. The molecular weight excluding hydrogens is 380 g/mol. The van der Waals surface area contributed by atoms with Gasteiger partial charge < -0.3 is 10.2 Å². The third kappa shape index (κ3) is 5.52. The Bertz CT molecular complexity index is 815. The van der Waals surface area contributed by atoms with E-state index < -0.39 is 10.0 Å². The number of carbonyl (C=O) groups is 2. The second-order valence-corrected chi connectivity index (χ2v) is 9.11. The summed E-state index contributed by atoms with van der Waals surface area (Å²) in [4.78, 5) is 28.3. The molecule has 0 spiro atoms. The number of amides is 2. The van der Waals surface area contributed by atoms with Gasteiger partial charge in [0, 0.05) is 44.8 Å². The molecule has 0 unspecified atom stereocenters. The molecule has 1 aliphatic carbocycles. The van der Waals surface area contributed by atoms with E-state index in [1.54, 1.807) is 17.0 Å². The van der Waals surface area contributed by atoms with Crippen LogP contribution in [0.3, 0.4) is 0 Å². The van der Waals surface area contributed by atoms with E-state index in [4.69, 9.17) is 0 Å². The molecule has 2 aliphatic rings. The molecule has 3 rings (SSSR count). The van der Waals surface area contributed by atoms with E-state index in [0.717, 1.165) is 12.8 Å². The van der Waals surface area contributed by atoms with Gasteiger partial charge in [0.15, 0.2) is 0 Å². The minimum absolute atomic E-state index is 0.0149. The Labute approximate surface area is 166 Å². The third-order valence-corrected chi connectivity index (χ3v) is 6.47. The van der Waals surface area contributed by atoms with Gasteiger partial charge in [0.1, 0.15) is 0 Å². The maximum atomic E-state index is 12.8. The van der Waals surface area contributed by atoms with Crippen LogP contribution in [0.25, 0.3) is 0 Å². The lowest BCUT2D eigenvalue weighted by Crippen LogP contribution is -2.51. The van der Waals surface area contributed by atoms with Crippen molar-refractivity contribution in [1.29, 1.82) is 0 Å². The normalized spacial score (nSPS) is 18.1. The van der Waals surface area contributed by atoms with Gasteiger partial charge in [0.05, 0.1) is 11.4 Å². The number of benzene rings is 1. The Morgan fingerprint density at radius 2 is 1.86 bits per heavy atom. The monoisotopic (exact) mass is 408 g/mol. The highest BCUT2D eigenvalue weighted by Gasteiger charge is 2.26. The molecule has 1 aliphatic heterocycles. The molecule has 28 heavy (non-hydrogen) atoms. The Balaban J connectivity index is 1.58. The molecule has 0 atom stereocenters. The van der Waals surface area contributed by atoms with Crippen molar-refractivity contribution in [3.05, 3.63) is 29.8 Å². The van der Waals surface area contributed by atoms with Crippen LogP contribution in [0.2, 0.25) is 0 Å². The zero-order chi connectivity index (χ0) is 20.1. The Morgan fingerprint density at radius 3 is 2.50 bits per heavy atom. The first-order valence-corrected chi connectivity index (χ1v) is 11.3. The lowest BCUT2D eigenvalue weighted by molar-refractivity contribution is -0.122. The number of hydrogen-bond donors (Lipinski definition) is 2. The number of rotatable bonds is 8. The Kier molecular flexibility index (Phi) is 6.69. The fourth-order valence-electron chi connectivity index (χ4n) is 3.18. The van der Waals surface area contributed by atoms with Crippen molar-refractivity contribution in [1.82, 2.24) is 19.8 Å². The molecule has 0 bridgehead atoms. The molecule has 1 saturated carbocycles. The molecule has 1 saturated heterocycles. The molecule has 154 valence electrons. The fourth-order valence-corrected chi connectivity index (χ4v) is 4.34. The highest BCUT2D eigenvalue weighted by Crippen LogP contribution is 2.28. The molecule has 1 heterocycles. The standard InChI is InChI=1S/C19H28N4O4S/c1-2-20-18(24)14-22-8-10-23(11-9-22)19(25)16-4-3-5-17(12-16)28(26,27)21-13-15-6-7-15/h3-5,12,15,21H,2,6-11,13-14H2,1H3,(H,20,24). The predicted octanol–water partition coefficient (Wildman–Crippen LogP) is 0.269. The molecule has 1 aromatic rings. The van der Waals surface area contributed by atoms with E-state index in [2.05, 4.69) is 10.0 Å². The van der Waals surface area contributed by atoms with E-state index in [-0.39, 0.29) is 16.7 Å². The topological polar surface area (TPSA) is 98.8 Å². The average molecular weight is 409 g/mol. The maximum Gasteiger partial charge on any atom is 0.253 e. The lowest BCUT2D eigenvalue weighted by Gasteiger charge is -2.34. The number of likely N-dealkylation sites (N-methyl/N-ethyl adjacent to an activating group) is 1. The molecular formula is C19H28N4O4S. The van der Waals surface area contributed by atoms with Gasteiger partial charge in [-0.1, -0.05) is 6.07 Å². The van der Waals surface area contributed by atoms with E-state index in [9.17, 15) is 18.0 Å². The summed E-state index contributed by atoms with van der Waals surface area (Å²) in [7, 11) is -3.60. The number of piperazine rings is 1. The summed E-state index contributed by atoms with van der Waals surface area (Å²) in [6.45, 7) is 5.51. The van der Waals surface area contributed by atoms with Gasteiger partial charge >= 0.3 is 0 Å². The number of hydrogen-bond acceptors (Lipinski definition) is 5. The van der Waals surface area contributed by atoms with E-state index >= 15 is 0 Å². The van der Waals surface area contributed by atoms with Crippen molar-refractivity contribution >= 4 is 21.8 Å². The predicted molar refractivity (Wildman–Crippen MR) is 105 cm³/mol. The van der Waals surface area contributed by atoms with Crippen LogP contribution in [0.1, 0.15) is 30.1 Å². The summed E-state index contributed by atoms with van der Waals surface area (Å²) in [5.41, 5.74) is 0.367. The molecule has 9 heteroatoms. The fraction of sp³-hybridized carbons (Fsp3) is 0.579. The van der Waals surface area contributed by atoms with Gasteiger partial charge in [-0.05, 0) is 43.9 Å². The second kappa shape index (κ2) is 9.02. The van der Waals surface area contributed by atoms with Gasteiger partial charge in [-0.15, -0.1) is 0 Å². The largest absolute Gasteiger partial charge is 0.355 e. The Hall–Kier alpha value is -1.97. The van der Waals surface area contributed by atoms with Crippen molar-refractivity contribution in [2.45, 2.75) is 24.7 Å². The zero-order valence-electron chi connectivity index (χ0n) is 16.2. The van der Waals surface area contributed by atoms with Crippen LogP contribution in [-0.4, -0.2) is 75.8 Å². The van der Waals surface area contributed by atoms with Crippen molar-refractivity contribution < 1.29 is 18.0 Å². The van der Waals surface area contributed by atoms with Gasteiger partial charge in [0.2, 0.25) is 15.9 Å². The van der Waals surface area contributed by atoms with Crippen molar-refractivity contribution in [2.24, 2.45) is 5.92 Å². The van der Waals surface area contributed by atoms with Crippen LogP contribution in [0.4, 0.5) is 0 Å². The number of carbonyl (C=O) groups excluding carboxylic acids is 2. The summed E-state index contributed by atoms with van der Waals surface area (Å²) in [5.74, 6) is 0.242. The first-order valence-electron chi connectivity index (χ1n) is 9.77. The number of nitrogens with zero attached hydrogens (tertiary/aromatic N) is 2. The number of sulfonamides is 1. The van der Waals surface area contributed by atoms with E-state index in [1.165, 1.54) is 12.1 Å². The van der Waals surface area contributed by atoms with Crippen LogP contribution in [-0.2, 0) is 14.8 Å². The summed E-state index contributed by atoms with van der Waals surface area (Å²) in [6.07, 6.45) is 2.13. The molecule has 0 radical (unpaired) electrons. The molecule has 1 aromatic carbocycles. The molecule has 0 aromatic heterocycles. The minimum atomic E-state index is -3.60. The first-order chi connectivity index (χ1) is 13.4. The maximum absolute atomic E-state index is 12.8. The summed E-state index contributed by atoms with van der Waals surface area (Å²) in [6, 6.07) is 6.20. The van der Waals surface area contributed by atoms with Crippen LogP contribution in [0, 0.1) is 5.92 Å². The average Bonchev–Trinajstić information content (AvgIpc) is 3.51. The van der Waals surface area contributed by atoms with Gasteiger partial charge in [-0.2, -0.15) is 0 Å². The van der Waals surface area contributed by atoms with E-state index in [0.29, 0.717) is 57.3 Å². The van der Waals surface area contributed by atoms with Crippen LogP contribution in [0.15, 0.2) is 29.2 Å². The summed E-state index contributed by atoms with van der Waals surface area (Å²) < 4.78 is 27.5. The third-order valence-electron chi connectivity index (χ3n) is 5.05. The quantitative estimate of drug-likeness (QED) is 0.643. The first kappa shape index (κ1) is 20.8. The second-order valence-electron chi connectivity index (χ2n) is 7.34. The van der Waals surface area contributed by atoms with Crippen molar-refractivity contribution in [3.63, 3.8) is 0 Å². The van der Waals surface area contributed by atoms with Crippen LogP contribution >= 0.6 is 0 Å². The zero-order valence-corrected chi connectivity index (χ0v) is 17.0. The highest BCUT2D eigenvalue weighted by atomic mass is 32.2. The minimum Gasteiger partial charge on any atom is -0.355 e. The van der Waals surface area contributed by atoms with Crippen LogP contribution in [0.5, 0.6) is 0 Å².